The normalized spacial score (nSPS) is 16.6. The van der Waals surface area contributed by atoms with Gasteiger partial charge in [-0.15, -0.1) is 0 Å². The Bertz CT molecular complexity index is 936. The fourth-order valence-electron chi connectivity index (χ4n) is 3.55. The molecule has 0 bridgehead atoms. The van der Waals surface area contributed by atoms with Gasteiger partial charge >= 0.3 is 0 Å². The molecule has 1 aliphatic rings. The van der Waals surface area contributed by atoms with Crippen LogP contribution in [-0.2, 0) is 11.3 Å². The van der Waals surface area contributed by atoms with Crippen molar-refractivity contribution in [3.8, 4) is 22.7 Å². The highest BCUT2D eigenvalue weighted by molar-refractivity contribution is 5.65. The molecule has 2 heterocycles. The molecular weight excluding hydrogens is 357 g/mol. The molecule has 28 heavy (non-hydrogen) atoms. The fraction of sp³-hybridized carbons (Fsp3) is 0.318. The summed E-state index contributed by atoms with van der Waals surface area (Å²) in [4.78, 5) is 2.25. The number of hydrogen-bond donors (Lipinski definition) is 0. The molecule has 1 aliphatic heterocycles. The third-order valence-electron chi connectivity index (χ3n) is 5.19. The predicted octanol–water partition coefficient (Wildman–Crippen LogP) is 3.91. The lowest BCUT2D eigenvalue weighted by molar-refractivity contribution is 0.156. The van der Waals surface area contributed by atoms with Gasteiger partial charge < -0.3 is 9.47 Å². The van der Waals surface area contributed by atoms with Crippen LogP contribution in [0.5, 0.6) is 5.75 Å². The van der Waals surface area contributed by atoms with Crippen LogP contribution in [0.1, 0.15) is 12.0 Å². The largest absolute Gasteiger partial charge is 0.497 e. The quantitative estimate of drug-likeness (QED) is 0.649. The minimum atomic E-state index is -0.342. The van der Waals surface area contributed by atoms with Gasteiger partial charge in [0.25, 0.3) is 0 Å². The van der Waals surface area contributed by atoms with E-state index >= 15 is 0 Å². The summed E-state index contributed by atoms with van der Waals surface area (Å²) in [6.45, 7) is 2.19. The van der Waals surface area contributed by atoms with Crippen LogP contribution in [-0.4, -0.2) is 48.1 Å². The lowest BCUT2D eigenvalue weighted by atomic mass is 10.1. The Morgan fingerprint density at radius 2 is 2.07 bits per heavy atom. The minimum Gasteiger partial charge on any atom is -0.497 e. The zero-order valence-electron chi connectivity index (χ0n) is 16.1. The van der Waals surface area contributed by atoms with E-state index in [2.05, 4.69) is 11.9 Å². The predicted molar refractivity (Wildman–Crippen MR) is 106 cm³/mol. The van der Waals surface area contributed by atoms with E-state index < -0.39 is 0 Å². The van der Waals surface area contributed by atoms with Gasteiger partial charge in [0, 0.05) is 42.6 Å². The molecule has 146 valence electrons. The van der Waals surface area contributed by atoms with Gasteiger partial charge in [-0.1, -0.05) is 18.2 Å². The summed E-state index contributed by atoms with van der Waals surface area (Å²) < 4.78 is 27.3. The van der Waals surface area contributed by atoms with Crippen LogP contribution in [0.25, 0.3) is 16.9 Å². The van der Waals surface area contributed by atoms with Crippen molar-refractivity contribution in [2.75, 3.05) is 27.4 Å². The molecule has 1 atom stereocenters. The maximum absolute atomic E-state index is 14.8. The number of likely N-dealkylation sites (N-methyl/N-ethyl adjacent to an activating group) is 1. The number of ether oxygens (including phenoxy) is 2. The van der Waals surface area contributed by atoms with Gasteiger partial charge in [-0.05, 0) is 37.7 Å². The molecule has 1 unspecified atom stereocenters. The third-order valence-corrected chi connectivity index (χ3v) is 5.19. The van der Waals surface area contributed by atoms with E-state index in [0.717, 1.165) is 30.9 Å². The van der Waals surface area contributed by atoms with E-state index in [1.54, 1.807) is 12.1 Å². The van der Waals surface area contributed by atoms with Crippen molar-refractivity contribution in [2.45, 2.75) is 19.0 Å². The molecule has 4 rings (SSSR count). The first-order chi connectivity index (χ1) is 13.7. The Kier molecular flexibility index (Phi) is 5.41. The average molecular weight is 381 g/mol. The topological polar surface area (TPSA) is 39.5 Å². The lowest BCUT2D eigenvalue weighted by Crippen LogP contribution is -2.31. The van der Waals surface area contributed by atoms with E-state index in [-0.39, 0.29) is 5.82 Å². The van der Waals surface area contributed by atoms with Gasteiger partial charge in [0.15, 0.2) is 0 Å². The van der Waals surface area contributed by atoms with Gasteiger partial charge in [0.1, 0.15) is 17.3 Å². The second kappa shape index (κ2) is 8.12. The Morgan fingerprint density at radius 3 is 2.75 bits per heavy atom. The lowest BCUT2D eigenvalue weighted by Gasteiger charge is -2.22. The van der Waals surface area contributed by atoms with E-state index in [1.807, 2.05) is 41.2 Å². The number of para-hydroxylation sites is 1. The molecule has 0 aliphatic carbocycles. The van der Waals surface area contributed by atoms with E-state index in [9.17, 15) is 4.39 Å². The van der Waals surface area contributed by atoms with Crippen LogP contribution in [0.3, 0.4) is 0 Å². The Hall–Kier alpha value is -2.70. The molecule has 0 amide bonds. The summed E-state index contributed by atoms with van der Waals surface area (Å²) >= 11 is 0. The minimum absolute atomic E-state index is 0.342. The van der Waals surface area contributed by atoms with E-state index in [0.29, 0.717) is 29.6 Å². The maximum Gasteiger partial charge on any atom is 0.136 e. The molecule has 2 aromatic carbocycles. The number of halogens is 1. The molecule has 1 saturated heterocycles. The van der Waals surface area contributed by atoms with Crippen LogP contribution >= 0.6 is 0 Å². The molecule has 0 saturated carbocycles. The number of benzene rings is 2. The van der Waals surface area contributed by atoms with Crippen molar-refractivity contribution >= 4 is 0 Å². The van der Waals surface area contributed by atoms with Crippen molar-refractivity contribution in [1.82, 2.24) is 14.7 Å². The second-order valence-corrected chi connectivity index (χ2v) is 7.06. The summed E-state index contributed by atoms with van der Waals surface area (Å²) in [6.07, 6.45) is 3.00. The standard InChI is InChI=1S/C22H24FN3O2/c1-25(18-10-11-28-15-18)13-16-14-26(17-6-4-3-5-7-17)24-22(16)20-9-8-19(27-2)12-21(20)23/h3-9,12,14,18H,10-11,13,15H2,1-2H3. The monoisotopic (exact) mass is 381 g/mol. The fourth-order valence-corrected chi connectivity index (χ4v) is 3.55. The van der Waals surface area contributed by atoms with E-state index in [4.69, 9.17) is 14.6 Å². The zero-order valence-corrected chi connectivity index (χ0v) is 16.1. The highest BCUT2D eigenvalue weighted by Gasteiger charge is 2.23. The summed E-state index contributed by atoms with van der Waals surface area (Å²) in [5, 5.41) is 4.72. The average Bonchev–Trinajstić information content (AvgIpc) is 3.39. The maximum atomic E-state index is 14.8. The van der Waals surface area contributed by atoms with Crippen molar-refractivity contribution in [3.63, 3.8) is 0 Å². The van der Waals surface area contributed by atoms with Crippen LogP contribution in [0.2, 0.25) is 0 Å². The number of aromatic nitrogens is 2. The number of nitrogens with zero attached hydrogens (tertiary/aromatic N) is 3. The van der Waals surface area contributed by atoms with Gasteiger partial charge in [0.05, 0.1) is 19.4 Å². The highest BCUT2D eigenvalue weighted by Crippen LogP contribution is 2.30. The first-order valence-corrected chi connectivity index (χ1v) is 9.41. The molecule has 0 radical (unpaired) electrons. The zero-order chi connectivity index (χ0) is 19.5. The van der Waals surface area contributed by atoms with Crippen molar-refractivity contribution in [3.05, 3.63) is 66.1 Å². The summed E-state index contributed by atoms with van der Waals surface area (Å²) in [7, 11) is 3.61. The molecule has 6 heteroatoms. The van der Waals surface area contributed by atoms with Gasteiger partial charge in [-0.2, -0.15) is 5.10 Å². The van der Waals surface area contributed by atoms with Crippen molar-refractivity contribution in [2.24, 2.45) is 0 Å². The van der Waals surface area contributed by atoms with Crippen LogP contribution < -0.4 is 4.74 Å². The molecule has 1 aromatic heterocycles. The summed E-state index contributed by atoms with van der Waals surface area (Å²) in [6, 6.07) is 15.1. The SMILES string of the molecule is COc1ccc(-c2nn(-c3ccccc3)cc2CN(C)C2CCOC2)c(F)c1. The number of hydrogen-bond acceptors (Lipinski definition) is 4. The Balaban J connectivity index is 1.73. The van der Waals surface area contributed by atoms with Crippen LogP contribution in [0, 0.1) is 5.82 Å². The third kappa shape index (κ3) is 3.79. The summed E-state index contributed by atoms with van der Waals surface area (Å²) in [5.74, 6) is 0.149. The molecule has 0 N–H and O–H groups in total. The number of methoxy groups -OCH3 is 1. The molecular formula is C22H24FN3O2. The molecule has 1 fully saturated rings. The Labute approximate surface area is 164 Å². The molecule has 5 nitrogen and oxygen atoms in total. The van der Waals surface area contributed by atoms with Gasteiger partial charge in [-0.3, -0.25) is 4.90 Å². The van der Waals surface area contributed by atoms with Crippen LogP contribution in [0.4, 0.5) is 4.39 Å². The molecule has 0 spiro atoms. The van der Waals surface area contributed by atoms with E-state index in [1.165, 1.54) is 13.2 Å². The highest BCUT2D eigenvalue weighted by atomic mass is 19.1. The first kappa shape index (κ1) is 18.7. The Morgan fingerprint density at radius 1 is 1.25 bits per heavy atom. The number of rotatable bonds is 6. The first-order valence-electron chi connectivity index (χ1n) is 9.41. The van der Waals surface area contributed by atoms with Gasteiger partial charge in [0.2, 0.25) is 0 Å². The summed E-state index contributed by atoms with van der Waals surface area (Å²) in [5.41, 5.74) is 3.04. The van der Waals surface area contributed by atoms with Crippen molar-refractivity contribution in [1.29, 1.82) is 0 Å². The van der Waals surface area contributed by atoms with Crippen molar-refractivity contribution < 1.29 is 13.9 Å². The van der Waals surface area contributed by atoms with Crippen LogP contribution in [0.15, 0.2) is 54.7 Å². The second-order valence-electron chi connectivity index (χ2n) is 7.06. The smallest absolute Gasteiger partial charge is 0.136 e. The molecule has 3 aromatic rings. The van der Waals surface area contributed by atoms with Gasteiger partial charge in [-0.25, -0.2) is 9.07 Å².